The number of hydrogen-bond acceptors (Lipinski definition) is 5. The first-order valence-electron chi connectivity index (χ1n) is 9.08. The van der Waals surface area contributed by atoms with Crippen LogP contribution in [0.2, 0.25) is 0 Å². The van der Waals surface area contributed by atoms with Crippen LogP contribution in [0.3, 0.4) is 0 Å². The number of aromatic nitrogens is 1. The molecule has 0 saturated carbocycles. The summed E-state index contributed by atoms with van der Waals surface area (Å²) >= 11 is 3.48. The molecule has 0 bridgehead atoms. The average Bonchev–Trinajstić information content (AvgIpc) is 3.21. The Balaban J connectivity index is 1.36. The Morgan fingerprint density at radius 3 is 2.68 bits per heavy atom. The zero-order chi connectivity index (χ0) is 20.0. The van der Waals surface area contributed by atoms with Crippen LogP contribution in [0.4, 0.5) is 19.0 Å². The number of carbonyl (C=O) groups is 1. The van der Waals surface area contributed by atoms with Gasteiger partial charge < -0.3 is 10.2 Å². The van der Waals surface area contributed by atoms with Crippen LogP contribution in [-0.2, 0) is 16.7 Å². The number of nitrogens with one attached hydrogen (secondary N) is 1. The van der Waals surface area contributed by atoms with Crippen molar-refractivity contribution in [1.29, 1.82) is 0 Å². The number of alkyl halides is 3. The third-order valence-electron chi connectivity index (χ3n) is 4.66. The van der Waals surface area contributed by atoms with Crippen molar-refractivity contribution in [2.75, 3.05) is 30.3 Å². The predicted molar refractivity (Wildman–Crippen MR) is 108 cm³/mol. The van der Waals surface area contributed by atoms with E-state index in [1.54, 1.807) is 23.1 Å². The quantitative estimate of drug-likeness (QED) is 0.662. The number of amides is 1. The number of anilines is 1. The molecule has 0 aromatic carbocycles. The molecule has 3 heterocycles. The number of thioether (sulfide) groups is 1. The normalized spacial score (nSPS) is 15.6. The molecule has 2 aromatic rings. The van der Waals surface area contributed by atoms with E-state index in [9.17, 15) is 18.0 Å². The maximum Gasteiger partial charge on any atom is 0.417 e. The van der Waals surface area contributed by atoms with E-state index in [1.807, 2.05) is 4.90 Å². The van der Waals surface area contributed by atoms with Gasteiger partial charge in [-0.05, 0) is 47.4 Å². The van der Waals surface area contributed by atoms with Crippen LogP contribution in [0, 0.1) is 5.92 Å². The summed E-state index contributed by atoms with van der Waals surface area (Å²) < 4.78 is 37.9. The third-order valence-corrected chi connectivity index (χ3v) is 6.42. The minimum absolute atomic E-state index is 0.0485. The SMILES string of the molecule is O=C(NCCSCc1ccsc1)C1CCN(c2ccc(C(F)(F)F)cn2)CC1. The van der Waals surface area contributed by atoms with Gasteiger partial charge >= 0.3 is 6.18 Å². The fourth-order valence-electron chi connectivity index (χ4n) is 3.07. The van der Waals surface area contributed by atoms with Crippen LogP contribution in [0.5, 0.6) is 0 Å². The van der Waals surface area contributed by atoms with Gasteiger partial charge in [-0.2, -0.15) is 36.3 Å². The highest BCUT2D eigenvalue weighted by Crippen LogP contribution is 2.30. The van der Waals surface area contributed by atoms with Crippen LogP contribution >= 0.6 is 23.1 Å². The third kappa shape index (κ3) is 5.88. The van der Waals surface area contributed by atoms with Crippen molar-refractivity contribution in [1.82, 2.24) is 10.3 Å². The van der Waals surface area contributed by atoms with Crippen LogP contribution in [0.25, 0.3) is 0 Å². The van der Waals surface area contributed by atoms with Gasteiger partial charge in [-0.1, -0.05) is 0 Å². The number of carbonyl (C=O) groups excluding carboxylic acids is 1. The second-order valence-electron chi connectivity index (χ2n) is 6.64. The largest absolute Gasteiger partial charge is 0.417 e. The lowest BCUT2D eigenvalue weighted by Gasteiger charge is -2.32. The van der Waals surface area contributed by atoms with E-state index in [-0.39, 0.29) is 11.8 Å². The molecule has 2 aromatic heterocycles. The van der Waals surface area contributed by atoms with Gasteiger partial charge in [-0.3, -0.25) is 4.79 Å². The molecule has 0 spiro atoms. The first kappa shape index (κ1) is 21.0. The van der Waals surface area contributed by atoms with E-state index in [2.05, 4.69) is 27.1 Å². The van der Waals surface area contributed by atoms with Gasteiger partial charge in [-0.15, -0.1) is 0 Å². The Morgan fingerprint density at radius 2 is 2.07 bits per heavy atom. The lowest BCUT2D eigenvalue weighted by Crippen LogP contribution is -2.41. The molecule has 1 aliphatic rings. The maximum absolute atomic E-state index is 12.6. The number of thiophene rings is 1. The standard InChI is InChI=1S/C19H22F3N3OS2/c20-19(21,22)16-1-2-17(24-11-16)25-7-3-15(4-8-25)18(26)23-6-10-28-13-14-5-9-27-12-14/h1-2,5,9,11-12,15H,3-4,6-8,10,13H2,(H,23,26). The van der Waals surface area contributed by atoms with Crippen molar-refractivity contribution in [3.05, 3.63) is 46.3 Å². The van der Waals surface area contributed by atoms with E-state index in [0.29, 0.717) is 38.3 Å². The lowest BCUT2D eigenvalue weighted by atomic mass is 9.96. The number of hydrogen-bond donors (Lipinski definition) is 1. The summed E-state index contributed by atoms with van der Waals surface area (Å²) in [5.74, 6) is 2.37. The number of pyridine rings is 1. The Bertz CT molecular complexity index is 743. The molecule has 0 unspecified atom stereocenters. The summed E-state index contributed by atoms with van der Waals surface area (Å²) in [6.07, 6.45) is -2.16. The van der Waals surface area contributed by atoms with Gasteiger partial charge in [0.05, 0.1) is 5.56 Å². The van der Waals surface area contributed by atoms with Gasteiger partial charge in [0.2, 0.25) is 5.91 Å². The van der Waals surface area contributed by atoms with Crippen LogP contribution in [0.1, 0.15) is 24.0 Å². The smallest absolute Gasteiger partial charge is 0.357 e. The Labute approximate surface area is 170 Å². The van der Waals surface area contributed by atoms with E-state index >= 15 is 0 Å². The second kappa shape index (κ2) is 9.65. The minimum Gasteiger partial charge on any atom is -0.357 e. The summed E-state index contributed by atoms with van der Waals surface area (Å²) in [5, 5.41) is 7.18. The zero-order valence-corrected chi connectivity index (χ0v) is 16.9. The predicted octanol–water partition coefficient (Wildman–Crippen LogP) is 4.43. The van der Waals surface area contributed by atoms with Crippen LogP contribution in [-0.4, -0.2) is 36.3 Å². The highest BCUT2D eigenvalue weighted by molar-refractivity contribution is 7.98. The van der Waals surface area contributed by atoms with Gasteiger partial charge in [-0.25, -0.2) is 4.98 Å². The number of halogens is 3. The molecular formula is C19H22F3N3OS2. The molecule has 1 fully saturated rings. The van der Waals surface area contributed by atoms with Gasteiger partial charge in [0.1, 0.15) is 5.82 Å². The second-order valence-corrected chi connectivity index (χ2v) is 8.52. The maximum atomic E-state index is 12.6. The number of rotatable bonds is 7. The summed E-state index contributed by atoms with van der Waals surface area (Å²) in [7, 11) is 0. The van der Waals surface area contributed by atoms with Crippen molar-refractivity contribution in [3.63, 3.8) is 0 Å². The monoisotopic (exact) mass is 429 g/mol. The van der Waals surface area contributed by atoms with Gasteiger partial charge in [0.15, 0.2) is 0 Å². The highest BCUT2D eigenvalue weighted by Gasteiger charge is 2.31. The molecular weight excluding hydrogens is 407 g/mol. The fourth-order valence-corrected chi connectivity index (χ4v) is 4.65. The molecule has 28 heavy (non-hydrogen) atoms. The summed E-state index contributed by atoms with van der Waals surface area (Å²) in [4.78, 5) is 18.2. The Kier molecular flexibility index (Phi) is 7.23. The summed E-state index contributed by atoms with van der Waals surface area (Å²) in [6, 6.07) is 4.55. The van der Waals surface area contributed by atoms with Crippen LogP contribution in [0.15, 0.2) is 35.2 Å². The molecule has 1 amide bonds. The first-order chi connectivity index (χ1) is 13.4. The van der Waals surface area contributed by atoms with Gasteiger partial charge in [0, 0.05) is 43.3 Å². The first-order valence-corrected chi connectivity index (χ1v) is 11.2. The Morgan fingerprint density at radius 1 is 1.29 bits per heavy atom. The molecule has 0 aliphatic carbocycles. The Hall–Kier alpha value is -1.74. The number of nitrogens with zero attached hydrogens (tertiary/aromatic N) is 2. The van der Waals surface area contributed by atoms with Crippen molar-refractivity contribution >= 4 is 34.8 Å². The van der Waals surface area contributed by atoms with Crippen molar-refractivity contribution in [2.24, 2.45) is 5.92 Å². The van der Waals surface area contributed by atoms with Gasteiger partial charge in [0.25, 0.3) is 0 Å². The van der Waals surface area contributed by atoms with E-state index in [1.165, 1.54) is 11.6 Å². The molecule has 1 saturated heterocycles. The molecule has 152 valence electrons. The topological polar surface area (TPSA) is 45.2 Å². The zero-order valence-electron chi connectivity index (χ0n) is 15.2. The summed E-state index contributed by atoms with van der Waals surface area (Å²) in [6.45, 7) is 1.88. The molecule has 0 atom stereocenters. The molecule has 1 N–H and O–H groups in total. The summed E-state index contributed by atoms with van der Waals surface area (Å²) in [5.41, 5.74) is 0.563. The minimum atomic E-state index is -4.38. The van der Waals surface area contributed by atoms with E-state index < -0.39 is 11.7 Å². The van der Waals surface area contributed by atoms with Crippen LogP contribution < -0.4 is 10.2 Å². The van der Waals surface area contributed by atoms with E-state index in [0.717, 1.165) is 23.8 Å². The van der Waals surface area contributed by atoms with Crippen molar-refractivity contribution in [2.45, 2.75) is 24.8 Å². The molecule has 9 heteroatoms. The van der Waals surface area contributed by atoms with Crippen molar-refractivity contribution in [3.8, 4) is 0 Å². The lowest BCUT2D eigenvalue weighted by molar-refractivity contribution is -0.137. The molecule has 0 radical (unpaired) electrons. The van der Waals surface area contributed by atoms with E-state index in [4.69, 9.17) is 0 Å². The molecule has 1 aliphatic heterocycles. The average molecular weight is 430 g/mol. The molecule has 4 nitrogen and oxygen atoms in total. The van der Waals surface area contributed by atoms with Crippen molar-refractivity contribution < 1.29 is 18.0 Å². The molecule has 3 rings (SSSR count). The highest BCUT2D eigenvalue weighted by atomic mass is 32.2. The fraction of sp³-hybridized carbons (Fsp3) is 0.474. The number of piperidine rings is 1.